The lowest BCUT2D eigenvalue weighted by molar-refractivity contribution is 0.354. The molecule has 0 amide bonds. The van der Waals surface area contributed by atoms with Crippen molar-refractivity contribution in [3.05, 3.63) is 23.8 Å². The molecule has 1 rings (SSSR count). The molecular weight excluding hydrogens is 166 g/mol. The van der Waals surface area contributed by atoms with E-state index < -0.39 is 0 Å². The molecule has 13 heavy (non-hydrogen) atoms. The topological polar surface area (TPSA) is 30.5 Å². The Labute approximate surface area is 78.7 Å². The number of ether oxygens (including phenoxy) is 2. The third-order valence-corrected chi connectivity index (χ3v) is 1.83. The Morgan fingerprint density at radius 1 is 1.15 bits per heavy atom. The van der Waals surface area contributed by atoms with E-state index in [1.54, 1.807) is 14.2 Å². The number of hydrogen-bond donors (Lipinski definition) is 1. The second-order valence-electron chi connectivity index (χ2n) is 2.72. The minimum absolute atomic E-state index is 0.766. The monoisotopic (exact) mass is 181 g/mol. The Bertz CT molecular complexity index is 274. The molecule has 0 unspecified atom stereocenters. The highest BCUT2D eigenvalue weighted by molar-refractivity contribution is 5.42. The highest BCUT2D eigenvalue weighted by Crippen LogP contribution is 2.27. The number of benzene rings is 1. The summed E-state index contributed by atoms with van der Waals surface area (Å²) in [6.07, 6.45) is 0. The predicted molar refractivity (Wildman–Crippen MR) is 52.3 cm³/mol. The van der Waals surface area contributed by atoms with Gasteiger partial charge in [-0.1, -0.05) is 6.07 Å². The Morgan fingerprint density at radius 2 is 1.85 bits per heavy atom. The summed E-state index contributed by atoms with van der Waals surface area (Å²) < 4.78 is 10.3. The average Bonchev–Trinajstić information content (AvgIpc) is 2.18. The van der Waals surface area contributed by atoms with Crippen molar-refractivity contribution in [2.75, 3.05) is 21.3 Å². The second kappa shape index (κ2) is 4.72. The standard InChI is InChI=1S/C10H15NO2/c1-11-7-8-4-5-9(12-2)10(6-8)13-3/h4-6,11H,7H2,1-3H3. The molecule has 1 aromatic carbocycles. The van der Waals surface area contributed by atoms with Gasteiger partial charge in [-0.2, -0.15) is 0 Å². The second-order valence-corrected chi connectivity index (χ2v) is 2.72. The lowest BCUT2D eigenvalue weighted by atomic mass is 10.2. The maximum Gasteiger partial charge on any atom is 0.161 e. The molecule has 1 N–H and O–H groups in total. The van der Waals surface area contributed by atoms with Gasteiger partial charge in [-0.05, 0) is 24.7 Å². The van der Waals surface area contributed by atoms with Crippen LogP contribution in [0, 0.1) is 0 Å². The molecule has 0 aliphatic heterocycles. The van der Waals surface area contributed by atoms with Crippen molar-refractivity contribution < 1.29 is 9.47 Å². The summed E-state index contributed by atoms with van der Waals surface area (Å²) >= 11 is 0. The van der Waals surface area contributed by atoms with Gasteiger partial charge in [0, 0.05) is 6.54 Å². The van der Waals surface area contributed by atoms with Gasteiger partial charge in [0.2, 0.25) is 0 Å². The van der Waals surface area contributed by atoms with Gasteiger partial charge >= 0.3 is 0 Å². The predicted octanol–water partition coefficient (Wildman–Crippen LogP) is 1.42. The fourth-order valence-electron chi connectivity index (χ4n) is 1.19. The highest BCUT2D eigenvalue weighted by Gasteiger charge is 2.02. The quantitative estimate of drug-likeness (QED) is 0.762. The number of methoxy groups -OCH3 is 2. The van der Waals surface area contributed by atoms with E-state index in [4.69, 9.17) is 9.47 Å². The first-order valence-electron chi connectivity index (χ1n) is 4.17. The summed E-state index contributed by atoms with van der Waals surface area (Å²) in [5.41, 5.74) is 1.18. The van der Waals surface area contributed by atoms with Gasteiger partial charge in [0.15, 0.2) is 11.5 Å². The van der Waals surface area contributed by atoms with Crippen LogP contribution in [0.25, 0.3) is 0 Å². The van der Waals surface area contributed by atoms with E-state index in [0.717, 1.165) is 18.0 Å². The van der Waals surface area contributed by atoms with E-state index >= 15 is 0 Å². The zero-order valence-corrected chi connectivity index (χ0v) is 8.26. The van der Waals surface area contributed by atoms with E-state index in [0.29, 0.717) is 0 Å². The fourth-order valence-corrected chi connectivity index (χ4v) is 1.19. The van der Waals surface area contributed by atoms with Crippen molar-refractivity contribution >= 4 is 0 Å². The van der Waals surface area contributed by atoms with Crippen molar-refractivity contribution in [3.63, 3.8) is 0 Å². The smallest absolute Gasteiger partial charge is 0.161 e. The van der Waals surface area contributed by atoms with Crippen LogP contribution >= 0.6 is 0 Å². The molecule has 0 aromatic heterocycles. The summed E-state index contributed by atoms with van der Waals surface area (Å²) in [7, 11) is 5.19. The molecule has 0 bridgehead atoms. The van der Waals surface area contributed by atoms with E-state index in [1.165, 1.54) is 5.56 Å². The zero-order valence-electron chi connectivity index (χ0n) is 8.26. The minimum atomic E-state index is 0.766. The van der Waals surface area contributed by atoms with Crippen LogP contribution in [-0.2, 0) is 6.54 Å². The molecule has 3 heteroatoms. The van der Waals surface area contributed by atoms with Crippen molar-refractivity contribution in [3.8, 4) is 11.5 Å². The molecule has 1 aromatic rings. The molecule has 0 saturated heterocycles. The maximum atomic E-state index is 5.17. The van der Waals surface area contributed by atoms with Crippen molar-refractivity contribution in [2.45, 2.75) is 6.54 Å². The number of nitrogens with one attached hydrogen (secondary N) is 1. The van der Waals surface area contributed by atoms with Gasteiger partial charge in [-0.25, -0.2) is 0 Å². The molecule has 0 aliphatic carbocycles. The van der Waals surface area contributed by atoms with Gasteiger partial charge < -0.3 is 14.8 Å². The van der Waals surface area contributed by atoms with E-state index in [9.17, 15) is 0 Å². The van der Waals surface area contributed by atoms with E-state index in [-0.39, 0.29) is 0 Å². The Morgan fingerprint density at radius 3 is 2.38 bits per heavy atom. The Hall–Kier alpha value is -1.22. The lowest BCUT2D eigenvalue weighted by Crippen LogP contribution is -2.05. The first-order chi connectivity index (χ1) is 6.31. The molecule has 0 radical (unpaired) electrons. The van der Waals surface area contributed by atoms with Crippen molar-refractivity contribution in [1.82, 2.24) is 5.32 Å². The summed E-state index contributed by atoms with van der Waals surface area (Å²) in [6.45, 7) is 0.834. The van der Waals surface area contributed by atoms with E-state index in [1.807, 2.05) is 25.2 Å². The first-order valence-corrected chi connectivity index (χ1v) is 4.17. The van der Waals surface area contributed by atoms with E-state index in [2.05, 4.69) is 5.32 Å². The Kier molecular flexibility index (Phi) is 3.58. The molecule has 0 spiro atoms. The van der Waals surface area contributed by atoms with Gasteiger partial charge in [0.1, 0.15) is 0 Å². The molecular formula is C10H15NO2. The summed E-state index contributed by atoms with van der Waals surface area (Å²) in [5, 5.41) is 3.08. The summed E-state index contributed by atoms with van der Waals surface area (Å²) in [4.78, 5) is 0. The molecule has 0 fully saturated rings. The zero-order chi connectivity index (χ0) is 9.68. The lowest BCUT2D eigenvalue weighted by Gasteiger charge is -2.08. The van der Waals surface area contributed by atoms with Crippen molar-refractivity contribution in [1.29, 1.82) is 0 Å². The summed E-state index contributed by atoms with van der Waals surface area (Å²) in [5.74, 6) is 1.54. The Balaban J connectivity index is 2.91. The van der Waals surface area contributed by atoms with Gasteiger partial charge in [0.05, 0.1) is 14.2 Å². The van der Waals surface area contributed by atoms with Crippen LogP contribution < -0.4 is 14.8 Å². The highest BCUT2D eigenvalue weighted by atomic mass is 16.5. The number of rotatable bonds is 4. The molecule has 0 aliphatic rings. The van der Waals surface area contributed by atoms with Crippen LogP contribution in [0.15, 0.2) is 18.2 Å². The molecule has 0 heterocycles. The molecule has 0 atom stereocenters. The third-order valence-electron chi connectivity index (χ3n) is 1.83. The van der Waals surface area contributed by atoms with Crippen LogP contribution in [0.4, 0.5) is 0 Å². The normalized spacial score (nSPS) is 9.77. The minimum Gasteiger partial charge on any atom is -0.493 e. The third kappa shape index (κ3) is 2.36. The van der Waals surface area contributed by atoms with Gasteiger partial charge in [0.25, 0.3) is 0 Å². The molecule has 0 saturated carbocycles. The molecule has 72 valence electrons. The largest absolute Gasteiger partial charge is 0.493 e. The number of hydrogen-bond acceptors (Lipinski definition) is 3. The van der Waals surface area contributed by atoms with Crippen LogP contribution in [0.3, 0.4) is 0 Å². The average molecular weight is 181 g/mol. The van der Waals surface area contributed by atoms with Crippen molar-refractivity contribution in [2.24, 2.45) is 0 Å². The van der Waals surface area contributed by atoms with Gasteiger partial charge in [-0.15, -0.1) is 0 Å². The maximum absolute atomic E-state index is 5.17. The summed E-state index contributed by atoms with van der Waals surface area (Å²) in [6, 6.07) is 5.89. The van der Waals surface area contributed by atoms with Crippen LogP contribution in [0.2, 0.25) is 0 Å². The van der Waals surface area contributed by atoms with Crippen LogP contribution in [0.5, 0.6) is 11.5 Å². The fraction of sp³-hybridized carbons (Fsp3) is 0.400. The SMILES string of the molecule is CNCc1ccc(OC)c(OC)c1. The molecule has 3 nitrogen and oxygen atoms in total. The van der Waals surface area contributed by atoms with Crippen LogP contribution in [0.1, 0.15) is 5.56 Å². The first kappa shape index (κ1) is 9.86. The van der Waals surface area contributed by atoms with Gasteiger partial charge in [-0.3, -0.25) is 0 Å². The van der Waals surface area contributed by atoms with Crippen LogP contribution in [-0.4, -0.2) is 21.3 Å².